The standard InChI is InChI=1S/C34H61N3O8/c1-23-13-14-26-24(2)27(40-28-34(26)25(23)15-17-33(9,41-28)44-45-34)16-20-35-18-12-22-37(30(39)43-32(6,7)8)21-11-10-19-36-29(38)42-31(3,4)5/h23-28,35H,10-22H2,1-9H3,(H,36,38)/t23-,24-,25+,26+,27-,28-,33+,34-/m1/s1. The first-order valence-corrected chi connectivity index (χ1v) is 17.4. The van der Waals surface area contributed by atoms with Crippen LogP contribution in [-0.2, 0) is 28.7 Å². The summed E-state index contributed by atoms with van der Waals surface area (Å²) < 4.78 is 24.2. The first-order valence-electron chi connectivity index (χ1n) is 17.4. The van der Waals surface area contributed by atoms with Gasteiger partial charge in [0.15, 0.2) is 11.9 Å². The predicted molar refractivity (Wildman–Crippen MR) is 170 cm³/mol. The summed E-state index contributed by atoms with van der Waals surface area (Å²) >= 11 is 0. The number of alkyl carbamates (subject to hydrolysis) is 1. The Morgan fingerprint density at radius 2 is 1.58 bits per heavy atom. The van der Waals surface area contributed by atoms with Gasteiger partial charge < -0.3 is 34.5 Å². The van der Waals surface area contributed by atoms with E-state index in [2.05, 4.69) is 24.5 Å². The predicted octanol–water partition coefficient (Wildman–Crippen LogP) is 6.15. The van der Waals surface area contributed by atoms with Crippen LogP contribution in [-0.4, -0.2) is 84.8 Å². The molecule has 0 aromatic carbocycles. The molecular formula is C34H61N3O8. The van der Waals surface area contributed by atoms with Crippen LogP contribution < -0.4 is 10.6 Å². The van der Waals surface area contributed by atoms with Gasteiger partial charge in [-0.05, 0) is 124 Å². The van der Waals surface area contributed by atoms with Crippen LogP contribution in [0.25, 0.3) is 0 Å². The summed E-state index contributed by atoms with van der Waals surface area (Å²) in [5.74, 6) is 0.850. The van der Waals surface area contributed by atoms with Crippen molar-refractivity contribution in [3.63, 3.8) is 0 Å². The summed E-state index contributed by atoms with van der Waals surface area (Å²) in [6.07, 6.45) is 6.27. The average molecular weight is 640 g/mol. The fraction of sp³-hybridized carbons (Fsp3) is 0.941. The first-order chi connectivity index (χ1) is 21.0. The van der Waals surface area contributed by atoms with Crippen molar-refractivity contribution >= 4 is 12.2 Å². The van der Waals surface area contributed by atoms with Gasteiger partial charge in [-0.2, -0.15) is 0 Å². The average Bonchev–Trinajstić information content (AvgIpc) is 3.15. The summed E-state index contributed by atoms with van der Waals surface area (Å²) in [6, 6.07) is 0. The molecule has 260 valence electrons. The zero-order chi connectivity index (χ0) is 33.0. The molecular weight excluding hydrogens is 578 g/mol. The van der Waals surface area contributed by atoms with Crippen molar-refractivity contribution in [2.45, 2.75) is 149 Å². The van der Waals surface area contributed by atoms with Gasteiger partial charge in [-0.15, -0.1) is 0 Å². The van der Waals surface area contributed by atoms with Crippen LogP contribution in [0.1, 0.15) is 114 Å². The van der Waals surface area contributed by atoms with Crippen LogP contribution >= 0.6 is 0 Å². The molecule has 1 saturated carbocycles. The van der Waals surface area contributed by atoms with Crippen molar-refractivity contribution < 1.29 is 38.3 Å². The molecule has 11 heteroatoms. The lowest BCUT2D eigenvalue weighted by molar-refractivity contribution is -0.571. The Kier molecular flexibility index (Phi) is 11.8. The van der Waals surface area contributed by atoms with E-state index in [4.69, 9.17) is 28.7 Å². The number of nitrogens with zero attached hydrogens (tertiary/aromatic N) is 1. The maximum absolute atomic E-state index is 12.9. The van der Waals surface area contributed by atoms with Crippen molar-refractivity contribution in [1.82, 2.24) is 15.5 Å². The van der Waals surface area contributed by atoms with E-state index in [9.17, 15) is 9.59 Å². The van der Waals surface area contributed by atoms with Gasteiger partial charge in [-0.25, -0.2) is 19.4 Å². The molecule has 0 unspecified atom stereocenters. The van der Waals surface area contributed by atoms with Crippen LogP contribution in [0.2, 0.25) is 0 Å². The van der Waals surface area contributed by atoms with Crippen molar-refractivity contribution in [2.75, 3.05) is 32.7 Å². The van der Waals surface area contributed by atoms with Crippen molar-refractivity contribution in [3.8, 4) is 0 Å². The number of nitrogens with one attached hydrogen (secondary N) is 2. The van der Waals surface area contributed by atoms with E-state index in [1.165, 1.54) is 6.42 Å². The Balaban J connectivity index is 1.21. The molecule has 5 aliphatic rings. The number of fused-ring (bicyclic) bond motifs is 2. The number of carbonyl (C=O) groups excluding carboxylic acids is 2. The van der Waals surface area contributed by atoms with Gasteiger partial charge >= 0.3 is 12.2 Å². The monoisotopic (exact) mass is 639 g/mol. The fourth-order valence-electron chi connectivity index (χ4n) is 7.63. The molecule has 11 nitrogen and oxygen atoms in total. The molecule has 5 fully saturated rings. The zero-order valence-electron chi connectivity index (χ0n) is 29.4. The summed E-state index contributed by atoms with van der Waals surface area (Å²) in [7, 11) is 0. The van der Waals surface area contributed by atoms with Gasteiger partial charge in [-0.3, -0.25) is 0 Å². The van der Waals surface area contributed by atoms with Crippen molar-refractivity contribution in [2.24, 2.45) is 23.7 Å². The van der Waals surface area contributed by atoms with E-state index in [1.54, 1.807) is 4.90 Å². The zero-order valence-corrected chi connectivity index (χ0v) is 29.4. The summed E-state index contributed by atoms with van der Waals surface area (Å²) in [4.78, 5) is 38.8. The molecule has 2 N–H and O–H groups in total. The Labute approximate surface area is 271 Å². The topological polar surface area (TPSA) is 117 Å². The molecule has 5 rings (SSSR count). The number of amides is 2. The van der Waals surface area contributed by atoms with Crippen molar-refractivity contribution in [3.05, 3.63) is 0 Å². The molecule has 0 aromatic rings. The third kappa shape index (κ3) is 9.24. The highest BCUT2D eigenvalue weighted by Gasteiger charge is 2.69. The molecule has 0 radical (unpaired) electrons. The fourth-order valence-corrected chi connectivity index (χ4v) is 7.63. The Morgan fingerprint density at radius 3 is 2.29 bits per heavy atom. The molecule has 45 heavy (non-hydrogen) atoms. The quantitative estimate of drug-likeness (QED) is 0.192. The normalized spacial score (nSPS) is 34.4. The molecule has 4 heterocycles. The lowest BCUT2D eigenvalue weighted by Crippen LogP contribution is -2.70. The highest BCUT2D eigenvalue weighted by atomic mass is 17.3. The summed E-state index contributed by atoms with van der Waals surface area (Å²) in [5.41, 5.74) is -1.61. The highest BCUT2D eigenvalue weighted by molar-refractivity contribution is 5.68. The van der Waals surface area contributed by atoms with E-state index in [0.717, 1.165) is 58.0 Å². The Morgan fingerprint density at radius 1 is 0.867 bits per heavy atom. The van der Waals surface area contributed by atoms with Crippen LogP contribution in [0.5, 0.6) is 0 Å². The minimum absolute atomic E-state index is 0.0753. The van der Waals surface area contributed by atoms with Gasteiger partial charge in [0, 0.05) is 32.0 Å². The second kappa shape index (κ2) is 14.6. The SMILES string of the molecule is C[C@H]1[C@@H](CCNCCCN(CCCCNC(=O)OC(C)(C)C)C(=O)OC(C)(C)C)O[C@@H]2O[C@]3(C)CC[C@H]4[C@H](C)CC[C@@H]1[C@@]24OO3. The van der Waals surface area contributed by atoms with Gasteiger partial charge in [0.25, 0.3) is 0 Å². The van der Waals surface area contributed by atoms with E-state index in [1.807, 2.05) is 48.5 Å². The van der Waals surface area contributed by atoms with Crippen LogP contribution in [0.4, 0.5) is 9.59 Å². The lowest BCUT2D eigenvalue weighted by atomic mass is 9.57. The van der Waals surface area contributed by atoms with Gasteiger partial charge in [-0.1, -0.05) is 13.8 Å². The third-order valence-corrected chi connectivity index (χ3v) is 9.86. The maximum Gasteiger partial charge on any atom is 0.410 e. The highest BCUT2D eigenvalue weighted by Crippen LogP contribution is 2.60. The third-order valence-electron chi connectivity index (χ3n) is 9.86. The second-order valence-corrected chi connectivity index (χ2v) is 15.9. The minimum Gasteiger partial charge on any atom is -0.444 e. The Bertz CT molecular complexity index is 999. The van der Waals surface area contributed by atoms with E-state index in [-0.39, 0.29) is 12.2 Å². The number of hydrogen-bond donors (Lipinski definition) is 2. The molecule has 2 amide bonds. The molecule has 4 saturated heterocycles. The molecule has 2 bridgehead atoms. The molecule has 1 aliphatic carbocycles. The van der Waals surface area contributed by atoms with Gasteiger partial charge in [0.1, 0.15) is 11.2 Å². The number of carbonyl (C=O) groups is 2. The smallest absolute Gasteiger partial charge is 0.410 e. The largest absolute Gasteiger partial charge is 0.444 e. The second-order valence-electron chi connectivity index (χ2n) is 15.9. The minimum atomic E-state index is -0.754. The summed E-state index contributed by atoms with van der Waals surface area (Å²) in [6.45, 7) is 21.0. The number of hydrogen-bond acceptors (Lipinski definition) is 9. The number of unbranched alkanes of at least 4 members (excludes halogenated alkanes) is 1. The molecule has 4 aliphatic heterocycles. The van der Waals surface area contributed by atoms with E-state index in [0.29, 0.717) is 43.3 Å². The van der Waals surface area contributed by atoms with Crippen LogP contribution in [0.15, 0.2) is 0 Å². The summed E-state index contributed by atoms with van der Waals surface area (Å²) in [5, 5.41) is 6.35. The maximum atomic E-state index is 12.9. The Hall–Kier alpha value is -1.66. The molecule has 1 spiro atoms. The number of rotatable bonds is 12. The molecule has 0 aromatic heterocycles. The van der Waals surface area contributed by atoms with Crippen molar-refractivity contribution in [1.29, 1.82) is 0 Å². The van der Waals surface area contributed by atoms with Crippen LogP contribution in [0, 0.1) is 23.7 Å². The first kappa shape index (κ1) is 36.2. The number of ether oxygens (including phenoxy) is 4. The van der Waals surface area contributed by atoms with E-state index >= 15 is 0 Å². The van der Waals surface area contributed by atoms with Gasteiger partial charge in [0.2, 0.25) is 5.79 Å². The molecule has 8 atom stereocenters. The van der Waals surface area contributed by atoms with Gasteiger partial charge in [0.05, 0.1) is 6.10 Å². The van der Waals surface area contributed by atoms with E-state index < -0.39 is 35.0 Å². The van der Waals surface area contributed by atoms with Crippen LogP contribution in [0.3, 0.4) is 0 Å². The lowest BCUT2D eigenvalue weighted by Gasteiger charge is -2.60.